The van der Waals surface area contributed by atoms with Crippen LogP contribution < -0.4 is 5.73 Å². The Bertz CT molecular complexity index is 640. The maximum Gasteiger partial charge on any atom is 0.287 e. The molecule has 0 amide bonds. The van der Waals surface area contributed by atoms with Crippen LogP contribution in [0.5, 0.6) is 0 Å². The number of hydrogen-bond donors (Lipinski definition) is 1. The van der Waals surface area contributed by atoms with E-state index in [1.54, 1.807) is 0 Å². The molecule has 2 atom stereocenters. The largest absolute Gasteiger partial charge is 0.326 e. The number of sulfone groups is 1. The van der Waals surface area contributed by atoms with E-state index in [9.17, 15) is 18.5 Å². The average Bonchev–Trinajstić information content (AvgIpc) is 2.65. The summed E-state index contributed by atoms with van der Waals surface area (Å²) in [6.07, 6.45) is 1.13. The molecular weight excluding hydrogens is 280 g/mol. The van der Waals surface area contributed by atoms with Gasteiger partial charge in [0.1, 0.15) is 4.90 Å². The van der Waals surface area contributed by atoms with E-state index < -0.39 is 26.1 Å². The summed E-state index contributed by atoms with van der Waals surface area (Å²) in [4.78, 5) is 10.1. The zero-order chi connectivity index (χ0) is 15.1. The quantitative estimate of drug-likeness (QED) is 0.678. The topological polar surface area (TPSA) is 103 Å². The Hall–Kier alpha value is -1.47. The molecule has 7 heteroatoms. The normalized spacial score (nSPS) is 25.6. The number of hydrogen-bond acceptors (Lipinski definition) is 5. The number of para-hydroxylation sites is 1. The molecule has 1 saturated carbocycles. The van der Waals surface area contributed by atoms with Crippen molar-refractivity contribution < 1.29 is 13.3 Å². The van der Waals surface area contributed by atoms with Gasteiger partial charge in [0.2, 0.25) is 0 Å². The molecule has 1 aliphatic carbocycles. The minimum Gasteiger partial charge on any atom is -0.326 e. The fraction of sp³-hybridized carbons (Fsp3) is 0.538. The van der Waals surface area contributed by atoms with E-state index in [1.165, 1.54) is 24.3 Å². The van der Waals surface area contributed by atoms with Gasteiger partial charge in [0.15, 0.2) is 9.84 Å². The smallest absolute Gasteiger partial charge is 0.287 e. The molecule has 0 aromatic heterocycles. The highest BCUT2D eigenvalue weighted by molar-refractivity contribution is 7.92. The molecule has 0 radical (unpaired) electrons. The van der Waals surface area contributed by atoms with Crippen LogP contribution in [0.15, 0.2) is 29.2 Å². The highest BCUT2D eigenvalue weighted by Gasteiger charge is 2.47. The first-order chi connectivity index (χ1) is 9.18. The average molecular weight is 298 g/mol. The van der Waals surface area contributed by atoms with Crippen LogP contribution >= 0.6 is 0 Å². The van der Waals surface area contributed by atoms with Crippen LogP contribution in [0, 0.1) is 15.5 Å². The predicted octanol–water partition coefficient (Wildman–Crippen LogP) is 1.88. The van der Waals surface area contributed by atoms with Crippen LogP contribution in [0.25, 0.3) is 0 Å². The van der Waals surface area contributed by atoms with Crippen molar-refractivity contribution >= 4 is 15.5 Å². The van der Waals surface area contributed by atoms with Crippen LogP contribution in [0.3, 0.4) is 0 Å². The Labute approximate surface area is 118 Å². The Morgan fingerprint density at radius 3 is 2.45 bits per heavy atom. The van der Waals surface area contributed by atoms with E-state index in [-0.39, 0.29) is 16.0 Å². The first kappa shape index (κ1) is 14.9. The zero-order valence-electron chi connectivity index (χ0n) is 11.4. The Morgan fingerprint density at radius 1 is 1.35 bits per heavy atom. The molecule has 1 aliphatic rings. The van der Waals surface area contributed by atoms with Gasteiger partial charge in [0, 0.05) is 12.1 Å². The van der Waals surface area contributed by atoms with E-state index >= 15 is 0 Å². The molecule has 20 heavy (non-hydrogen) atoms. The summed E-state index contributed by atoms with van der Waals surface area (Å²) in [6, 6.07) is 4.91. The van der Waals surface area contributed by atoms with Crippen molar-refractivity contribution in [2.75, 3.05) is 0 Å². The molecule has 0 spiro atoms. The fourth-order valence-electron chi connectivity index (χ4n) is 2.72. The first-order valence-electron chi connectivity index (χ1n) is 6.41. The van der Waals surface area contributed by atoms with Crippen molar-refractivity contribution in [2.45, 2.75) is 42.9 Å². The first-order valence-corrected chi connectivity index (χ1v) is 7.95. The van der Waals surface area contributed by atoms with Gasteiger partial charge in [-0.3, -0.25) is 10.1 Å². The molecule has 2 unspecified atom stereocenters. The second-order valence-corrected chi connectivity index (χ2v) is 8.00. The van der Waals surface area contributed by atoms with Gasteiger partial charge in [0.25, 0.3) is 5.69 Å². The molecule has 0 bridgehead atoms. The van der Waals surface area contributed by atoms with E-state index in [0.717, 1.165) is 0 Å². The second-order valence-electron chi connectivity index (χ2n) is 5.86. The van der Waals surface area contributed by atoms with Crippen molar-refractivity contribution in [1.29, 1.82) is 0 Å². The lowest BCUT2D eigenvalue weighted by Crippen LogP contribution is -2.43. The maximum atomic E-state index is 12.7. The third-order valence-corrected chi connectivity index (χ3v) is 6.43. The van der Waals surface area contributed by atoms with E-state index in [0.29, 0.717) is 12.8 Å². The highest BCUT2D eigenvalue weighted by Crippen LogP contribution is 2.42. The van der Waals surface area contributed by atoms with Crippen molar-refractivity contribution in [3.63, 3.8) is 0 Å². The lowest BCUT2D eigenvalue weighted by Gasteiger charge is -2.26. The summed E-state index contributed by atoms with van der Waals surface area (Å²) in [5.41, 5.74) is 5.40. The van der Waals surface area contributed by atoms with Crippen molar-refractivity contribution in [3.8, 4) is 0 Å². The van der Waals surface area contributed by atoms with Gasteiger partial charge in [-0.1, -0.05) is 26.0 Å². The van der Waals surface area contributed by atoms with Gasteiger partial charge in [-0.05, 0) is 24.3 Å². The molecule has 2 N–H and O–H groups in total. The van der Waals surface area contributed by atoms with Crippen LogP contribution in [0.2, 0.25) is 0 Å². The molecule has 1 fully saturated rings. The number of nitro groups is 1. The molecule has 110 valence electrons. The number of nitrogens with two attached hydrogens (primary N) is 1. The lowest BCUT2D eigenvalue weighted by atomic mass is 9.88. The lowest BCUT2D eigenvalue weighted by molar-refractivity contribution is -0.387. The molecule has 0 aliphatic heterocycles. The molecule has 1 aromatic rings. The zero-order valence-corrected chi connectivity index (χ0v) is 12.3. The minimum absolute atomic E-state index is 0.233. The summed E-state index contributed by atoms with van der Waals surface area (Å²) >= 11 is 0. The third-order valence-electron chi connectivity index (χ3n) is 4.14. The molecule has 0 heterocycles. The highest BCUT2D eigenvalue weighted by atomic mass is 32.2. The minimum atomic E-state index is -3.80. The predicted molar refractivity (Wildman–Crippen MR) is 75.1 cm³/mol. The van der Waals surface area contributed by atoms with Crippen LogP contribution in [-0.2, 0) is 9.84 Å². The van der Waals surface area contributed by atoms with Crippen molar-refractivity contribution in [1.82, 2.24) is 0 Å². The molecule has 6 nitrogen and oxygen atoms in total. The van der Waals surface area contributed by atoms with Crippen LogP contribution in [0.4, 0.5) is 5.69 Å². The van der Waals surface area contributed by atoms with Gasteiger partial charge < -0.3 is 5.73 Å². The Kier molecular flexibility index (Phi) is 3.60. The standard InChI is InChI=1S/C13H18N2O4S/c1-13(2)8-7-11(12(13)14)20(18,19)10-6-4-3-5-9(10)15(16)17/h3-6,11-12H,7-8,14H2,1-2H3. The van der Waals surface area contributed by atoms with Crippen molar-refractivity contribution in [2.24, 2.45) is 11.1 Å². The molecule has 2 rings (SSSR count). The van der Waals surface area contributed by atoms with Crippen molar-refractivity contribution in [3.05, 3.63) is 34.4 Å². The fourth-order valence-corrected chi connectivity index (χ4v) is 4.93. The SMILES string of the molecule is CC1(C)CCC(S(=O)(=O)c2ccccc2[N+](=O)[O-])C1N. The Balaban J connectivity index is 2.50. The van der Waals surface area contributed by atoms with Gasteiger partial charge in [-0.2, -0.15) is 0 Å². The van der Waals surface area contributed by atoms with E-state index in [1.807, 2.05) is 13.8 Å². The summed E-state index contributed by atoms with van der Waals surface area (Å²) in [5.74, 6) is 0. The molecule has 0 saturated heterocycles. The van der Waals surface area contributed by atoms with Gasteiger partial charge in [-0.15, -0.1) is 0 Å². The van der Waals surface area contributed by atoms with Crippen LogP contribution in [-0.4, -0.2) is 24.6 Å². The van der Waals surface area contributed by atoms with E-state index in [2.05, 4.69) is 0 Å². The summed E-state index contributed by atoms with van der Waals surface area (Å²) in [6.45, 7) is 3.85. The number of rotatable bonds is 3. The second kappa shape index (κ2) is 4.82. The number of benzene rings is 1. The monoisotopic (exact) mass is 298 g/mol. The van der Waals surface area contributed by atoms with Crippen LogP contribution in [0.1, 0.15) is 26.7 Å². The molecule has 1 aromatic carbocycles. The molecular formula is C13H18N2O4S. The van der Waals surface area contributed by atoms with E-state index in [4.69, 9.17) is 5.73 Å². The number of nitrogens with zero attached hydrogens (tertiary/aromatic N) is 1. The summed E-state index contributed by atoms with van der Waals surface area (Å²) < 4.78 is 25.3. The summed E-state index contributed by atoms with van der Waals surface area (Å²) in [5, 5.41) is 10.2. The summed E-state index contributed by atoms with van der Waals surface area (Å²) in [7, 11) is -3.80. The third kappa shape index (κ3) is 2.31. The maximum absolute atomic E-state index is 12.7. The van der Waals surface area contributed by atoms with Gasteiger partial charge in [-0.25, -0.2) is 8.42 Å². The number of nitro benzene ring substituents is 1. The Morgan fingerprint density at radius 2 is 1.95 bits per heavy atom. The van der Waals surface area contributed by atoms with Gasteiger partial charge in [0.05, 0.1) is 10.2 Å². The van der Waals surface area contributed by atoms with Gasteiger partial charge >= 0.3 is 0 Å².